The monoisotopic (exact) mass is 308 g/mol. The maximum Gasteiger partial charge on any atom is 0.260 e. The van der Waals surface area contributed by atoms with Gasteiger partial charge in [-0.2, -0.15) is 5.26 Å². The van der Waals surface area contributed by atoms with E-state index < -0.39 is 0 Å². The largest absolute Gasteiger partial charge is 0.497 e. The highest BCUT2D eigenvalue weighted by molar-refractivity contribution is 5.86. The molecular weight excluding hydrogens is 296 g/mol. The number of hydrogen-bond acceptors (Lipinski definition) is 6. The molecule has 0 aliphatic rings. The lowest BCUT2D eigenvalue weighted by Crippen LogP contribution is -2.10. The molecule has 1 N–H and O–H groups in total. The summed E-state index contributed by atoms with van der Waals surface area (Å²) in [6, 6.07) is 8.88. The van der Waals surface area contributed by atoms with E-state index in [1.165, 1.54) is 6.33 Å². The molecule has 114 valence electrons. The molecule has 0 spiro atoms. The van der Waals surface area contributed by atoms with Gasteiger partial charge in [0.25, 0.3) is 5.56 Å². The van der Waals surface area contributed by atoms with Gasteiger partial charge in [0.15, 0.2) is 0 Å². The number of aromatic nitrogens is 3. The van der Waals surface area contributed by atoms with Crippen LogP contribution in [-0.4, -0.2) is 22.1 Å². The van der Waals surface area contributed by atoms with Crippen LogP contribution in [0.4, 0.5) is 0 Å². The number of rotatable bonds is 3. The Kier molecular flexibility index (Phi) is 3.65. The molecule has 0 unspecified atom stereocenters. The number of H-pyrrole nitrogens is 1. The molecule has 3 aromatic rings. The summed E-state index contributed by atoms with van der Waals surface area (Å²) in [6.45, 7) is 1.67. The summed E-state index contributed by atoms with van der Waals surface area (Å²) in [4.78, 5) is 22.7. The third kappa shape index (κ3) is 2.58. The van der Waals surface area contributed by atoms with Crippen LogP contribution in [0, 0.1) is 18.3 Å². The lowest BCUT2D eigenvalue weighted by atomic mass is 10.1. The standard InChI is InChI=1S/C16H12N4O3/c1-9-13-14(18-8-19-15(13)21)12(7-17)16(20-9)23-11-5-3-10(22-2)4-6-11/h3-6,8H,1-2H3,(H,18,19,21). The topological polar surface area (TPSA) is 101 Å². The lowest BCUT2D eigenvalue weighted by Gasteiger charge is -2.10. The number of nitrogens with zero attached hydrogens (tertiary/aromatic N) is 3. The molecule has 0 atom stereocenters. The van der Waals surface area contributed by atoms with Crippen LogP contribution in [0.5, 0.6) is 17.4 Å². The van der Waals surface area contributed by atoms with Crippen molar-refractivity contribution >= 4 is 10.9 Å². The summed E-state index contributed by atoms with van der Waals surface area (Å²) in [5.41, 5.74) is 0.490. The first-order valence-electron chi connectivity index (χ1n) is 6.74. The maximum atomic E-state index is 11.9. The molecule has 1 aromatic carbocycles. The molecule has 0 saturated carbocycles. The van der Waals surface area contributed by atoms with Crippen LogP contribution < -0.4 is 15.0 Å². The van der Waals surface area contributed by atoms with Crippen LogP contribution in [0.25, 0.3) is 10.9 Å². The average Bonchev–Trinajstić information content (AvgIpc) is 2.56. The van der Waals surface area contributed by atoms with E-state index >= 15 is 0 Å². The van der Waals surface area contributed by atoms with Crippen LogP contribution >= 0.6 is 0 Å². The van der Waals surface area contributed by atoms with E-state index in [1.807, 2.05) is 6.07 Å². The Morgan fingerprint density at radius 3 is 2.57 bits per heavy atom. The Hall–Kier alpha value is -3.40. The number of methoxy groups -OCH3 is 1. The minimum Gasteiger partial charge on any atom is -0.497 e. The highest BCUT2D eigenvalue weighted by atomic mass is 16.5. The quantitative estimate of drug-likeness (QED) is 0.796. The summed E-state index contributed by atoms with van der Waals surface area (Å²) in [5, 5.41) is 9.70. The van der Waals surface area contributed by atoms with E-state index in [4.69, 9.17) is 9.47 Å². The number of fused-ring (bicyclic) bond motifs is 1. The number of benzene rings is 1. The molecule has 2 heterocycles. The second kappa shape index (κ2) is 5.77. The molecule has 23 heavy (non-hydrogen) atoms. The van der Waals surface area contributed by atoms with E-state index in [0.29, 0.717) is 17.2 Å². The molecule has 0 fully saturated rings. The number of aryl methyl sites for hydroxylation is 1. The Balaban J connectivity index is 2.14. The number of pyridine rings is 1. The minimum absolute atomic E-state index is 0.112. The van der Waals surface area contributed by atoms with Crippen molar-refractivity contribution in [2.75, 3.05) is 7.11 Å². The smallest absolute Gasteiger partial charge is 0.260 e. The third-order valence-electron chi connectivity index (χ3n) is 3.32. The van der Waals surface area contributed by atoms with E-state index in [1.54, 1.807) is 38.3 Å². The van der Waals surface area contributed by atoms with Crippen molar-refractivity contribution in [3.63, 3.8) is 0 Å². The van der Waals surface area contributed by atoms with Gasteiger partial charge in [0.1, 0.15) is 28.6 Å². The molecule has 0 amide bonds. The molecule has 0 bridgehead atoms. The van der Waals surface area contributed by atoms with Crippen LogP contribution in [-0.2, 0) is 0 Å². The van der Waals surface area contributed by atoms with E-state index in [9.17, 15) is 10.1 Å². The van der Waals surface area contributed by atoms with Crippen molar-refractivity contribution < 1.29 is 9.47 Å². The molecular formula is C16H12N4O3. The zero-order chi connectivity index (χ0) is 16.4. The minimum atomic E-state index is -0.340. The summed E-state index contributed by atoms with van der Waals surface area (Å²) >= 11 is 0. The zero-order valence-electron chi connectivity index (χ0n) is 12.5. The fraction of sp³-hybridized carbons (Fsp3) is 0.125. The van der Waals surface area contributed by atoms with Crippen LogP contribution in [0.1, 0.15) is 11.3 Å². The predicted octanol–water partition coefficient (Wildman–Crippen LogP) is 2.30. The molecule has 7 nitrogen and oxygen atoms in total. The van der Waals surface area contributed by atoms with Crippen LogP contribution in [0.15, 0.2) is 35.4 Å². The number of ether oxygens (including phenoxy) is 2. The van der Waals surface area contributed by atoms with Crippen molar-refractivity contribution in [3.8, 4) is 23.4 Å². The first-order valence-corrected chi connectivity index (χ1v) is 6.74. The predicted molar refractivity (Wildman–Crippen MR) is 82.7 cm³/mol. The van der Waals surface area contributed by atoms with Crippen molar-refractivity contribution in [2.24, 2.45) is 0 Å². The Morgan fingerprint density at radius 2 is 1.91 bits per heavy atom. The Labute approximate surface area is 131 Å². The van der Waals surface area contributed by atoms with Gasteiger partial charge >= 0.3 is 0 Å². The Morgan fingerprint density at radius 1 is 1.22 bits per heavy atom. The van der Waals surface area contributed by atoms with Gasteiger partial charge in [-0.1, -0.05) is 0 Å². The zero-order valence-corrected chi connectivity index (χ0v) is 12.5. The molecule has 2 aromatic heterocycles. The van der Waals surface area contributed by atoms with Crippen molar-refractivity contribution in [3.05, 3.63) is 52.2 Å². The fourth-order valence-corrected chi connectivity index (χ4v) is 2.22. The summed E-state index contributed by atoms with van der Waals surface area (Å²) < 4.78 is 10.8. The SMILES string of the molecule is COc1ccc(Oc2nc(C)c3c(=O)[nH]cnc3c2C#N)cc1. The summed E-state index contributed by atoms with van der Waals surface area (Å²) in [5.74, 6) is 1.30. The second-order valence-electron chi connectivity index (χ2n) is 4.72. The van der Waals surface area contributed by atoms with Gasteiger partial charge in [0.2, 0.25) is 5.88 Å². The van der Waals surface area contributed by atoms with Gasteiger partial charge in [0.05, 0.1) is 24.5 Å². The first kappa shape index (κ1) is 14.5. The summed E-state index contributed by atoms with van der Waals surface area (Å²) in [6.07, 6.45) is 1.25. The Bertz CT molecular complexity index is 972. The normalized spacial score (nSPS) is 10.3. The second-order valence-corrected chi connectivity index (χ2v) is 4.72. The third-order valence-corrected chi connectivity index (χ3v) is 3.32. The number of nitriles is 1. The molecule has 0 aliphatic carbocycles. The molecule has 0 radical (unpaired) electrons. The number of aromatic amines is 1. The molecule has 0 aliphatic heterocycles. The number of hydrogen-bond donors (Lipinski definition) is 1. The van der Waals surface area contributed by atoms with Crippen LogP contribution in [0.2, 0.25) is 0 Å². The maximum absolute atomic E-state index is 11.9. The van der Waals surface area contributed by atoms with E-state index in [0.717, 1.165) is 0 Å². The van der Waals surface area contributed by atoms with Gasteiger partial charge in [0, 0.05) is 0 Å². The van der Waals surface area contributed by atoms with Gasteiger partial charge in [-0.05, 0) is 31.2 Å². The van der Waals surface area contributed by atoms with Crippen LogP contribution in [0.3, 0.4) is 0 Å². The molecule has 7 heteroatoms. The summed E-state index contributed by atoms with van der Waals surface area (Å²) in [7, 11) is 1.57. The van der Waals surface area contributed by atoms with Gasteiger partial charge in [-0.3, -0.25) is 4.79 Å². The highest BCUT2D eigenvalue weighted by Crippen LogP contribution is 2.29. The average molecular weight is 308 g/mol. The van der Waals surface area contributed by atoms with E-state index in [-0.39, 0.29) is 27.9 Å². The number of nitrogens with one attached hydrogen (secondary N) is 1. The van der Waals surface area contributed by atoms with Crippen molar-refractivity contribution in [1.29, 1.82) is 5.26 Å². The fourth-order valence-electron chi connectivity index (χ4n) is 2.22. The van der Waals surface area contributed by atoms with Gasteiger partial charge in [-0.15, -0.1) is 0 Å². The van der Waals surface area contributed by atoms with Gasteiger partial charge < -0.3 is 14.5 Å². The van der Waals surface area contributed by atoms with Gasteiger partial charge in [-0.25, -0.2) is 9.97 Å². The lowest BCUT2D eigenvalue weighted by molar-refractivity contribution is 0.412. The highest BCUT2D eigenvalue weighted by Gasteiger charge is 2.17. The molecule has 0 saturated heterocycles. The van der Waals surface area contributed by atoms with Crippen molar-refractivity contribution in [1.82, 2.24) is 15.0 Å². The van der Waals surface area contributed by atoms with Crippen molar-refractivity contribution in [2.45, 2.75) is 6.92 Å². The molecule has 3 rings (SSSR count). The first-order chi connectivity index (χ1) is 11.1. The van der Waals surface area contributed by atoms with E-state index in [2.05, 4.69) is 15.0 Å².